The van der Waals surface area contributed by atoms with Gasteiger partial charge in [-0.2, -0.15) is 0 Å². The van der Waals surface area contributed by atoms with E-state index < -0.39 is 15.8 Å². The number of likely N-dealkylation sites (N-methyl/N-ethyl adjacent to an activating group) is 1. The van der Waals surface area contributed by atoms with Crippen molar-refractivity contribution in [2.24, 2.45) is 5.73 Å². The van der Waals surface area contributed by atoms with Crippen molar-refractivity contribution < 1.29 is 12.8 Å². The number of benzene rings is 2. The van der Waals surface area contributed by atoms with Gasteiger partial charge in [-0.1, -0.05) is 24.3 Å². The molecular formula is C23H23FN4O2S. The zero-order chi connectivity index (χ0) is 22.2. The molecule has 0 aliphatic carbocycles. The van der Waals surface area contributed by atoms with Crippen LogP contribution in [0.4, 0.5) is 4.39 Å². The van der Waals surface area contributed by atoms with E-state index in [0.717, 1.165) is 15.2 Å². The van der Waals surface area contributed by atoms with Crippen LogP contribution in [-0.4, -0.2) is 42.9 Å². The average Bonchev–Trinajstić information content (AvgIpc) is 3.13. The maximum Gasteiger partial charge on any atom is 0.268 e. The van der Waals surface area contributed by atoms with E-state index in [1.54, 1.807) is 30.5 Å². The smallest absolute Gasteiger partial charge is 0.268 e. The third kappa shape index (κ3) is 4.10. The van der Waals surface area contributed by atoms with Gasteiger partial charge in [-0.3, -0.25) is 4.98 Å². The topological polar surface area (TPSA) is 81.2 Å². The second-order valence-corrected chi connectivity index (χ2v) is 9.47. The summed E-state index contributed by atoms with van der Waals surface area (Å²) in [6.07, 6.45) is 3.19. The van der Waals surface area contributed by atoms with Crippen LogP contribution in [0.1, 0.15) is 11.7 Å². The average molecular weight is 439 g/mol. The second-order valence-electron chi connectivity index (χ2n) is 7.66. The van der Waals surface area contributed by atoms with Gasteiger partial charge in [0.1, 0.15) is 5.82 Å². The highest BCUT2D eigenvalue weighted by molar-refractivity contribution is 7.90. The first-order chi connectivity index (χ1) is 14.8. The van der Waals surface area contributed by atoms with E-state index in [1.165, 1.54) is 30.5 Å². The van der Waals surface area contributed by atoms with Gasteiger partial charge in [-0.15, -0.1) is 0 Å². The quantitative estimate of drug-likeness (QED) is 0.497. The van der Waals surface area contributed by atoms with Crippen LogP contribution in [0.3, 0.4) is 0 Å². The molecule has 2 N–H and O–H groups in total. The van der Waals surface area contributed by atoms with Crippen molar-refractivity contribution in [2.45, 2.75) is 10.9 Å². The molecule has 1 atom stereocenters. The Labute approximate surface area is 180 Å². The summed E-state index contributed by atoms with van der Waals surface area (Å²) in [5.74, 6) is -0.509. The van der Waals surface area contributed by atoms with Gasteiger partial charge in [0.05, 0.1) is 22.1 Å². The molecule has 6 nitrogen and oxygen atoms in total. The molecule has 2 heterocycles. The predicted molar refractivity (Wildman–Crippen MR) is 120 cm³/mol. The molecule has 8 heteroatoms. The molecule has 1 unspecified atom stereocenters. The number of aromatic nitrogens is 2. The first-order valence-electron chi connectivity index (χ1n) is 9.75. The van der Waals surface area contributed by atoms with Crippen LogP contribution in [0.5, 0.6) is 0 Å². The van der Waals surface area contributed by atoms with E-state index in [4.69, 9.17) is 5.73 Å². The summed E-state index contributed by atoms with van der Waals surface area (Å²) in [7, 11) is -0.0208. The molecule has 0 radical (unpaired) electrons. The van der Waals surface area contributed by atoms with Crippen molar-refractivity contribution in [3.8, 4) is 11.1 Å². The van der Waals surface area contributed by atoms with Crippen LogP contribution < -0.4 is 5.73 Å². The molecule has 2 aromatic heterocycles. The summed E-state index contributed by atoms with van der Waals surface area (Å²) >= 11 is 0. The lowest BCUT2D eigenvalue weighted by atomic mass is 10.1. The van der Waals surface area contributed by atoms with Crippen LogP contribution in [0.15, 0.2) is 78.0 Å². The summed E-state index contributed by atoms with van der Waals surface area (Å²) in [5, 5.41) is 0.619. The lowest BCUT2D eigenvalue weighted by Crippen LogP contribution is -2.26. The van der Waals surface area contributed by atoms with Crippen molar-refractivity contribution in [3.63, 3.8) is 0 Å². The van der Waals surface area contributed by atoms with Gasteiger partial charge in [0.15, 0.2) is 0 Å². The first-order valence-corrected chi connectivity index (χ1v) is 11.2. The molecule has 0 amide bonds. The number of hydrogen-bond acceptors (Lipinski definition) is 5. The van der Waals surface area contributed by atoms with E-state index in [1.807, 2.05) is 31.1 Å². The number of halogens is 1. The van der Waals surface area contributed by atoms with Gasteiger partial charge in [-0.25, -0.2) is 16.8 Å². The van der Waals surface area contributed by atoms with Crippen LogP contribution in [0.2, 0.25) is 0 Å². The van der Waals surface area contributed by atoms with Gasteiger partial charge >= 0.3 is 0 Å². The summed E-state index contributed by atoms with van der Waals surface area (Å²) in [6.45, 7) is 0.653. The minimum Gasteiger partial charge on any atom is -0.322 e. The molecular weight excluding hydrogens is 415 g/mol. The Bertz CT molecular complexity index is 1320. The largest absolute Gasteiger partial charge is 0.322 e. The molecule has 0 aliphatic rings. The minimum atomic E-state index is -3.90. The first kappa shape index (κ1) is 21.2. The fourth-order valence-electron chi connectivity index (χ4n) is 3.58. The Kier molecular flexibility index (Phi) is 5.62. The maximum absolute atomic E-state index is 14.0. The van der Waals surface area contributed by atoms with Crippen LogP contribution >= 0.6 is 0 Å². The monoisotopic (exact) mass is 438 g/mol. The van der Waals surface area contributed by atoms with Crippen LogP contribution in [0.25, 0.3) is 22.0 Å². The lowest BCUT2D eigenvalue weighted by molar-refractivity contribution is 0.373. The van der Waals surface area contributed by atoms with E-state index in [2.05, 4.69) is 4.98 Å². The maximum atomic E-state index is 14.0. The standard InChI is InChI=1S/C23H23FN4O2S/c1-27(2)15-21(25)22-11-8-16(13-26-22)20-14-28(23-12-17(24)9-10-19(20)23)31(29,30)18-6-4-3-5-7-18/h3-14,21H,15,25H2,1-2H3. The van der Waals surface area contributed by atoms with Crippen molar-refractivity contribution in [3.05, 3.63) is 84.6 Å². The molecule has 0 aliphatic heterocycles. The summed E-state index contributed by atoms with van der Waals surface area (Å²) in [5.41, 5.74) is 8.57. The Morgan fingerprint density at radius 3 is 2.48 bits per heavy atom. The SMILES string of the molecule is CN(C)CC(N)c1ccc(-c2cn(S(=O)(=O)c3ccccc3)c3cc(F)ccc23)cn1. The van der Waals surface area contributed by atoms with Gasteiger partial charge < -0.3 is 10.6 Å². The highest BCUT2D eigenvalue weighted by Gasteiger charge is 2.22. The Balaban J connectivity index is 1.83. The summed E-state index contributed by atoms with van der Waals surface area (Å²) in [6, 6.07) is 15.7. The van der Waals surface area contributed by atoms with E-state index in [0.29, 0.717) is 17.5 Å². The fraction of sp³-hybridized carbons (Fsp3) is 0.174. The van der Waals surface area contributed by atoms with Crippen LogP contribution in [0, 0.1) is 5.82 Å². The zero-order valence-corrected chi connectivity index (χ0v) is 18.1. The van der Waals surface area contributed by atoms with Crippen LogP contribution in [-0.2, 0) is 10.0 Å². The molecule has 160 valence electrons. The van der Waals surface area contributed by atoms with E-state index in [-0.39, 0.29) is 16.5 Å². The van der Waals surface area contributed by atoms with Crippen molar-refractivity contribution >= 4 is 20.9 Å². The number of nitrogens with zero attached hydrogens (tertiary/aromatic N) is 3. The number of rotatable bonds is 6. The molecule has 0 saturated carbocycles. The second kappa shape index (κ2) is 8.22. The third-order valence-electron chi connectivity index (χ3n) is 5.07. The number of hydrogen-bond donors (Lipinski definition) is 1. The normalized spacial score (nSPS) is 13.1. The van der Waals surface area contributed by atoms with Crippen molar-refractivity contribution in [1.82, 2.24) is 13.9 Å². The van der Waals surface area contributed by atoms with E-state index in [9.17, 15) is 12.8 Å². The molecule has 2 aromatic carbocycles. The molecule has 0 bridgehead atoms. The predicted octanol–water partition coefficient (Wildman–Crippen LogP) is 3.64. The van der Waals surface area contributed by atoms with Crippen molar-refractivity contribution in [2.75, 3.05) is 20.6 Å². The zero-order valence-electron chi connectivity index (χ0n) is 17.2. The summed E-state index contributed by atoms with van der Waals surface area (Å²) in [4.78, 5) is 6.59. The number of fused-ring (bicyclic) bond motifs is 1. The number of pyridine rings is 1. The van der Waals surface area contributed by atoms with Gasteiger partial charge in [-0.05, 0) is 50.5 Å². The molecule has 4 aromatic rings. The molecule has 4 rings (SSSR count). The molecule has 0 saturated heterocycles. The Morgan fingerprint density at radius 1 is 1.10 bits per heavy atom. The highest BCUT2D eigenvalue weighted by atomic mass is 32.2. The van der Waals surface area contributed by atoms with Gasteiger partial charge in [0.25, 0.3) is 10.0 Å². The Hall–Kier alpha value is -3.07. The molecule has 31 heavy (non-hydrogen) atoms. The number of nitrogens with two attached hydrogens (primary N) is 1. The third-order valence-corrected chi connectivity index (χ3v) is 6.76. The molecule has 0 fully saturated rings. The minimum absolute atomic E-state index is 0.130. The van der Waals surface area contributed by atoms with Crippen molar-refractivity contribution in [1.29, 1.82) is 0 Å². The Morgan fingerprint density at radius 2 is 1.84 bits per heavy atom. The van der Waals surface area contributed by atoms with Gasteiger partial charge in [0, 0.05) is 35.5 Å². The lowest BCUT2D eigenvalue weighted by Gasteiger charge is -2.16. The van der Waals surface area contributed by atoms with E-state index >= 15 is 0 Å². The highest BCUT2D eigenvalue weighted by Crippen LogP contribution is 2.33. The molecule has 0 spiro atoms. The van der Waals surface area contributed by atoms with Gasteiger partial charge in [0.2, 0.25) is 0 Å². The fourth-order valence-corrected chi connectivity index (χ4v) is 4.96. The summed E-state index contributed by atoms with van der Waals surface area (Å²) < 4.78 is 41.7.